The molecule has 2 aromatic rings. The number of likely N-dealkylation sites (tertiary alicyclic amines) is 1. The van der Waals surface area contributed by atoms with Gasteiger partial charge < -0.3 is 15.2 Å². The molecule has 1 aliphatic heterocycles. The number of carbonyl (C=O) groups excluding carboxylic acids is 1. The third kappa shape index (κ3) is 2.62. The van der Waals surface area contributed by atoms with E-state index >= 15 is 0 Å². The fraction of sp³-hybridized carbons (Fsp3) is 0.471. The van der Waals surface area contributed by atoms with Gasteiger partial charge in [0, 0.05) is 36.3 Å². The number of piperidine rings is 1. The number of benzene rings is 1. The van der Waals surface area contributed by atoms with Crippen molar-refractivity contribution in [1.82, 2.24) is 15.2 Å². The van der Waals surface area contributed by atoms with Crippen LogP contribution in [0.25, 0.3) is 10.9 Å². The van der Waals surface area contributed by atoms with E-state index in [0.29, 0.717) is 12.0 Å². The van der Waals surface area contributed by atoms with E-state index in [1.54, 1.807) is 0 Å². The highest BCUT2D eigenvalue weighted by atomic mass is 16.2. The van der Waals surface area contributed by atoms with Gasteiger partial charge in [-0.05, 0) is 43.2 Å². The topological polar surface area (TPSA) is 48.1 Å². The molecule has 1 aromatic carbocycles. The second-order valence-corrected chi connectivity index (χ2v) is 6.32. The molecule has 1 atom stereocenters. The van der Waals surface area contributed by atoms with Crippen LogP contribution < -0.4 is 5.32 Å². The maximum atomic E-state index is 12.2. The first-order chi connectivity index (χ1) is 10.3. The molecule has 1 unspecified atom stereocenters. The van der Waals surface area contributed by atoms with Crippen molar-refractivity contribution in [2.24, 2.45) is 0 Å². The highest BCUT2D eigenvalue weighted by Crippen LogP contribution is 2.29. The van der Waals surface area contributed by atoms with E-state index < -0.39 is 0 Å². The lowest BCUT2D eigenvalue weighted by Crippen LogP contribution is -2.45. The van der Waals surface area contributed by atoms with Crippen molar-refractivity contribution in [3.63, 3.8) is 0 Å². The molecule has 1 saturated heterocycles. The maximum Gasteiger partial charge on any atom is 0.317 e. The van der Waals surface area contributed by atoms with Gasteiger partial charge in [0.25, 0.3) is 0 Å². The number of aromatic amines is 1. The predicted octanol–water partition coefficient (Wildman–Crippen LogP) is 3.22. The second kappa shape index (κ2) is 5.10. The van der Waals surface area contributed by atoms with Gasteiger partial charge in [-0.1, -0.05) is 18.2 Å². The summed E-state index contributed by atoms with van der Waals surface area (Å²) in [6.45, 7) is 1.71. The molecule has 1 aromatic heterocycles. The number of urea groups is 1. The largest absolute Gasteiger partial charge is 0.358 e. The molecule has 0 bridgehead atoms. The Morgan fingerprint density at radius 2 is 2.10 bits per heavy atom. The van der Waals surface area contributed by atoms with Crippen LogP contribution >= 0.6 is 0 Å². The number of amides is 2. The van der Waals surface area contributed by atoms with Gasteiger partial charge in [-0.25, -0.2) is 4.79 Å². The molecule has 0 radical (unpaired) electrons. The van der Waals surface area contributed by atoms with Crippen LogP contribution in [0.2, 0.25) is 0 Å². The van der Waals surface area contributed by atoms with E-state index in [-0.39, 0.29) is 6.03 Å². The minimum absolute atomic E-state index is 0.123. The molecule has 21 heavy (non-hydrogen) atoms. The molecular formula is C17H21N3O. The average Bonchev–Trinajstić information content (AvgIpc) is 3.22. The molecule has 4 nitrogen and oxygen atoms in total. The summed E-state index contributed by atoms with van der Waals surface area (Å²) in [5.74, 6) is 0.427. The van der Waals surface area contributed by atoms with E-state index in [9.17, 15) is 4.79 Å². The number of nitrogens with zero attached hydrogens (tertiary/aromatic N) is 1. The van der Waals surface area contributed by atoms with Gasteiger partial charge in [0.15, 0.2) is 0 Å². The van der Waals surface area contributed by atoms with E-state index in [0.717, 1.165) is 38.8 Å². The van der Waals surface area contributed by atoms with Gasteiger partial charge in [0.1, 0.15) is 0 Å². The summed E-state index contributed by atoms with van der Waals surface area (Å²) >= 11 is 0. The smallest absolute Gasteiger partial charge is 0.317 e. The quantitative estimate of drug-likeness (QED) is 0.873. The zero-order valence-corrected chi connectivity index (χ0v) is 12.1. The molecule has 1 saturated carbocycles. The Bertz CT molecular complexity index is 626. The van der Waals surface area contributed by atoms with Crippen molar-refractivity contribution < 1.29 is 4.79 Å². The predicted molar refractivity (Wildman–Crippen MR) is 83.4 cm³/mol. The van der Waals surface area contributed by atoms with Gasteiger partial charge in [0.2, 0.25) is 0 Å². The fourth-order valence-corrected chi connectivity index (χ4v) is 3.22. The number of fused-ring (bicyclic) bond motifs is 1. The Balaban J connectivity index is 1.50. The van der Waals surface area contributed by atoms with Crippen LogP contribution in [0.15, 0.2) is 30.3 Å². The lowest BCUT2D eigenvalue weighted by atomic mass is 9.95. The van der Waals surface area contributed by atoms with Crippen molar-refractivity contribution in [2.45, 2.75) is 37.6 Å². The van der Waals surface area contributed by atoms with Crippen LogP contribution in [-0.2, 0) is 0 Å². The number of nitrogens with one attached hydrogen (secondary N) is 2. The Morgan fingerprint density at radius 3 is 2.90 bits per heavy atom. The second-order valence-electron chi connectivity index (χ2n) is 6.32. The summed E-state index contributed by atoms with van der Waals surface area (Å²) in [4.78, 5) is 17.7. The van der Waals surface area contributed by atoms with Crippen LogP contribution in [0.4, 0.5) is 4.79 Å². The molecule has 0 spiro atoms. The highest BCUT2D eigenvalue weighted by molar-refractivity contribution is 5.80. The van der Waals surface area contributed by atoms with Crippen molar-refractivity contribution in [1.29, 1.82) is 0 Å². The molecule has 2 amide bonds. The summed E-state index contributed by atoms with van der Waals surface area (Å²) in [5.41, 5.74) is 2.45. The third-order valence-electron chi connectivity index (χ3n) is 4.60. The molecule has 2 aliphatic rings. The molecule has 110 valence electrons. The molecule has 2 N–H and O–H groups in total. The summed E-state index contributed by atoms with van der Waals surface area (Å²) < 4.78 is 0. The SMILES string of the molecule is O=C(NC1CC1)N1CCCC(c2cc3ccccc3[nH]2)C1. The summed E-state index contributed by atoms with van der Waals surface area (Å²) in [7, 11) is 0. The maximum absolute atomic E-state index is 12.2. The number of H-pyrrole nitrogens is 1. The molecule has 4 rings (SSSR count). The minimum atomic E-state index is 0.123. The zero-order valence-electron chi connectivity index (χ0n) is 12.1. The van der Waals surface area contributed by atoms with Gasteiger partial charge in [-0.15, -0.1) is 0 Å². The van der Waals surface area contributed by atoms with Crippen LogP contribution in [-0.4, -0.2) is 35.0 Å². The van der Waals surface area contributed by atoms with Crippen molar-refractivity contribution >= 4 is 16.9 Å². The summed E-state index contributed by atoms with van der Waals surface area (Å²) in [5, 5.41) is 4.36. The number of carbonyl (C=O) groups is 1. The number of aromatic nitrogens is 1. The first-order valence-electron chi connectivity index (χ1n) is 7.93. The lowest BCUT2D eigenvalue weighted by molar-refractivity contribution is 0.178. The molecule has 2 heterocycles. The van der Waals surface area contributed by atoms with Crippen molar-refractivity contribution in [3.05, 3.63) is 36.0 Å². The Hall–Kier alpha value is -1.97. The fourth-order valence-electron chi connectivity index (χ4n) is 3.22. The number of para-hydroxylation sites is 1. The Labute approximate surface area is 124 Å². The first-order valence-corrected chi connectivity index (χ1v) is 7.93. The molecule has 4 heteroatoms. The van der Waals surface area contributed by atoms with E-state index in [4.69, 9.17) is 0 Å². The van der Waals surface area contributed by atoms with Crippen LogP contribution in [0.5, 0.6) is 0 Å². The molecule has 1 aliphatic carbocycles. The summed E-state index contributed by atoms with van der Waals surface area (Å²) in [6, 6.07) is 11.2. The Morgan fingerprint density at radius 1 is 1.24 bits per heavy atom. The molecule has 2 fully saturated rings. The van der Waals surface area contributed by atoms with Crippen LogP contribution in [0.3, 0.4) is 0 Å². The standard InChI is InChI=1S/C17H21N3O/c21-17(18-14-7-8-14)20-9-3-5-13(11-20)16-10-12-4-1-2-6-15(12)19-16/h1-2,4,6,10,13-14,19H,3,5,7-9,11H2,(H,18,21). The van der Waals surface area contributed by atoms with Crippen LogP contribution in [0, 0.1) is 0 Å². The van der Waals surface area contributed by atoms with Crippen molar-refractivity contribution in [2.75, 3.05) is 13.1 Å². The summed E-state index contributed by atoms with van der Waals surface area (Å²) in [6.07, 6.45) is 4.52. The lowest BCUT2D eigenvalue weighted by Gasteiger charge is -2.32. The first kappa shape index (κ1) is 12.7. The minimum Gasteiger partial charge on any atom is -0.358 e. The normalized spacial score (nSPS) is 22.5. The van der Waals surface area contributed by atoms with E-state index in [1.165, 1.54) is 16.6 Å². The van der Waals surface area contributed by atoms with Gasteiger partial charge in [0.05, 0.1) is 0 Å². The van der Waals surface area contributed by atoms with Crippen LogP contribution in [0.1, 0.15) is 37.3 Å². The van der Waals surface area contributed by atoms with Gasteiger partial charge in [-0.3, -0.25) is 0 Å². The van der Waals surface area contributed by atoms with Gasteiger partial charge >= 0.3 is 6.03 Å². The van der Waals surface area contributed by atoms with Gasteiger partial charge in [-0.2, -0.15) is 0 Å². The Kier molecular flexibility index (Phi) is 3.09. The van der Waals surface area contributed by atoms with Crippen molar-refractivity contribution in [3.8, 4) is 0 Å². The third-order valence-corrected chi connectivity index (χ3v) is 4.60. The average molecular weight is 283 g/mol. The number of hydrogen-bond donors (Lipinski definition) is 2. The van der Waals surface area contributed by atoms with E-state index in [1.807, 2.05) is 4.90 Å². The van der Waals surface area contributed by atoms with E-state index in [2.05, 4.69) is 40.6 Å². The zero-order chi connectivity index (χ0) is 14.2. The highest BCUT2D eigenvalue weighted by Gasteiger charge is 2.29. The number of rotatable bonds is 2. The molecular weight excluding hydrogens is 262 g/mol. The number of hydrogen-bond acceptors (Lipinski definition) is 1. The monoisotopic (exact) mass is 283 g/mol.